The third-order valence-corrected chi connectivity index (χ3v) is 1.95. The first-order valence-corrected chi connectivity index (χ1v) is 5.00. The minimum Gasteiger partial charge on any atom is -0.381 e. The molecule has 0 N–H and O–H groups in total. The number of hydrogen-bond donors (Lipinski definition) is 0. The Hall–Kier alpha value is -0.570. The zero-order chi connectivity index (χ0) is 10.3. The van der Waals surface area contributed by atoms with Crippen LogP contribution in [-0.2, 0) is 9.53 Å². The van der Waals surface area contributed by atoms with Gasteiger partial charge in [-0.05, 0) is 27.7 Å². The second kappa shape index (κ2) is 6.89. The van der Waals surface area contributed by atoms with Crippen molar-refractivity contribution in [3.8, 4) is 0 Å². The van der Waals surface area contributed by atoms with Gasteiger partial charge in [0.15, 0.2) is 0 Å². The fraction of sp³-hybridized carbons (Fsp3) is 0.900. The molecule has 0 aromatic carbocycles. The largest absolute Gasteiger partial charge is 0.381 e. The van der Waals surface area contributed by atoms with Crippen LogP contribution in [0.15, 0.2) is 0 Å². The van der Waals surface area contributed by atoms with E-state index in [-0.39, 0.29) is 5.91 Å². The van der Waals surface area contributed by atoms with Crippen molar-refractivity contribution in [3.05, 3.63) is 0 Å². The van der Waals surface area contributed by atoms with E-state index in [0.29, 0.717) is 25.7 Å². The first-order valence-electron chi connectivity index (χ1n) is 5.00. The molecule has 0 rings (SSSR count). The van der Waals surface area contributed by atoms with Gasteiger partial charge in [0.25, 0.3) is 0 Å². The Kier molecular flexibility index (Phi) is 6.59. The van der Waals surface area contributed by atoms with Gasteiger partial charge in [-0.1, -0.05) is 0 Å². The van der Waals surface area contributed by atoms with Crippen LogP contribution in [0.3, 0.4) is 0 Å². The van der Waals surface area contributed by atoms with Gasteiger partial charge in [0, 0.05) is 19.2 Å². The first kappa shape index (κ1) is 12.4. The predicted molar refractivity (Wildman–Crippen MR) is 53.6 cm³/mol. The highest BCUT2D eigenvalue weighted by Crippen LogP contribution is 2.01. The van der Waals surface area contributed by atoms with Crippen molar-refractivity contribution in [2.24, 2.45) is 0 Å². The molecule has 0 aliphatic heterocycles. The van der Waals surface area contributed by atoms with E-state index >= 15 is 0 Å². The van der Waals surface area contributed by atoms with E-state index in [1.165, 1.54) is 0 Å². The van der Waals surface area contributed by atoms with E-state index in [4.69, 9.17) is 4.74 Å². The number of hydrogen-bond acceptors (Lipinski definition) is 2. The Balaban J connectivity index is 3.78. The summed E-state index contributed by atoms with van der Waals surface area (Å²) in [4.78, 5) is 13.4. The summed E-state index contributed by atoms with van der Waals surface area (Å²) in [6, 6.07) is 0.291. The van der Waals surface area contributed by atoms with Crippen molar-refractivity contribution >= 4 is 5.91 Å². The summed E-state index contributed by atoms with van der Waals surface area (Å²) < 4.78 is 5.13. The van der Waals surface area contributed by atoms with Gasteiger partial charge >= 0.3 is 0 Å². The molecule has 13 heavy (non-hydrogen) atoms. The van der Waals surface area contributed by atoms with Gasteiger partial charge in [0.2, 0.25) is 5.91 Å². The van der Waals surface area contributed by atoms with Crippen molar-refractivity contribution < 1.29 is 9.53 Å². The summed E-state index contributed by atoms with van der Waals surface area (Å²) in [5.41, 5.74) is 0. The molecule has 0 aromatic rings. The van der Waals surface area contributed by atoms with E-state index in [1.54, 1.807) is 0 Å². The SMILES string of the molecule is CCOCCC(=O)N(CC)C(C)C. The van der Waals surface area contributed by atoms with Crippen LogP contribution < -0.4 is 0 Å². The average Bonchev–Trinajstić information content (AvgIpc) is 2.05. The number of nitrogens with zero attached hydrogens (tertiary/aromatic N) is 1. The van der Waals surface area contributed by atoms with Gasteiger partial charge in [-0.2, -0.15) is 0 Å². The lowest BCUT2D eigenvalue weighted by molar-refractivity contribution is -0.133. The van der Waals surface area contributed by atoms with E-state index < -0.39 is 0 Å². The van der Waals surface area contributed by atoms with Crippen molar-refractivity contribution in [1.82, 2.24) is 4.90 Å². The summed E-state index contributed by atoms with van der Waals surface area (Å²) in [5, 5.41) is 0. The second-order valence-corrected chi connectivity index (χ2v) is 3.22. The maximum absolute atomic E-state index is 11.5. The molecule has 0 fully saturated rings. The molecule has 0 aliphatic rings. The minimum absolute atomic E-state index is 0.186. The molecule has 0 heterocycles. The van der Waals surface area contributed by atoms with Crippen LogP contribution in [0, 0.1) is 0 Å². The fourth-order valence-electron chi connectivity index (χ4n) is 1.28. The number of amides is 1. The van der Waals surface area contributed by atoms with Crippen molar-refractivity contribution in [2.75, 3.05) is 19.8 Å². The van der Waals surface area contributed by atoms with Crippen LogP contribution in [0.5, 0.6) is 0 Å². The lowest BCUT2D eigenvalue weighted by Gasteiger charge is -2.25. The predicted octanol–water partition coefficient (Wildman–Crippen LogP) is 1.67. The molecule has 1 amide bonds. The Bertz CT molecular complexity index is 146. The molecule has 0 atom stereocenters. The maximum Gasteiger partial charge on any atom is 0.225 e. The number of carbonyl (C=O) groups excluding carboxylic acids is 1. The number of rotatable bonds is 6. The lowest BCUT2D eigenvalue weighted by Crippen LogP contribution is -2.37. The van der Waals surface area contributed by atoms with Crippen molar-refractivity contribution in [3.63, 3.8) is 0 Å². The molecule has 3 nitrogen and oxygen atoms in total. The molecule has 0 unspecified atom stereocenters. The zero-order valence-corrected chi connectivity index (χ0v) is 9.17. The highest BCUT2D eigenvalue weighted by Gasteiger charge is 2.13. The summed E-state index contributed by atoms with van der Waals surface area (Å²) in [5.74, 6) is 0.186. The first-order chi connectivity index (χ1) is 6.13. The second-order valence-electron chi connectivity index (χ2n) is 3.22. The van der Waals surface area contributed by atoms with Gasteiger partial charge in [0.05, 0.1) is 13.0 Å². The Morgan fingerprint density at radius 3 is 2.38 bits per heavy atom. The van der Waals surface area contributed by atoms with Crippen molar-refractivity contribution in [2.45, 2.75) is 40.2 Å². The molecule has 0 bridgehead atoms. The van der Waals surface area contributed by atoms with Crippen LogP contribution in [0.4, 0.5) is 0 Å². The summed E-state index contributed by atoms with van der Waals surface area (Å²) in [6.45, 7) is 10.00. The standard InChI is InChI=1S/C10H21NO2/c1-5-11(9(3)4)10(12)7-8-13-6-2/h9H,5-8H2,1-4H3. The zero-order valence-electron chi connectivity index (χ0n) is 9.17. The van der Waals surface area contributed by atoms with Gasteiger partial charge in [-0.3, -0.25) is 4.79 Å². The molecule has 0 radical (unpaired) electrons. The Morgan fingerprint density at radius 1 is 1.38 bits per heavy atom. The highest BCUT2D eigenvalue weighted by atomic mass is 16.5. The summed E-state index contributed by atoms with van der Waals surface area (Å²) >= 11 is 0. The number of carbonyl (C=O) groups is 1. The smallest absolute Gasteiger partial charge is 0.225 e. The minimum atomic E-state index is 0.186. The maximum atomic E-state index is 11.5. The van der Waals surface area contributed by atoms with E-state index in [2.05, 4.69) is 0 Å². The highest BCUT2D eigenvalue weighted by molar-refractivity contribution is 5.76. The molecule has 3 heteroatoms. The van der Waals surface area contributed by atoms with Crippen LogP contribution in [0.25, 0.3) is 0 Å². The molecule has 0 saturated carbocycles. The third kappa shape index (κ3) is 4.88. The van der Waals surface area contributed by atoms with Crippen molar-refractivity contribution in [1.29, 1.82) is 0 Å². The fourth-order valence-corrected chi connectivity index (χ4v) is 1.28. The monoisotopic (exact) mass is 187 g/mol. The van der Waals surface area contributed by atoms with E-state index in [1.807, 2.05) is 32.6 Å². The normalized spacial score (nSPS) is 10.5. The van der Waals surface area contributed by atoms with Crippen LogP contribution in [0.2, 0.25) is 0 Å². The van der Waals surface area contributed by atoms with Gasteiger partial charge in [0.1, 0.15) is 0 Å². The van der Waals surface area contributed by atoms with Crippen LogP contribution >= 0.6 is 0 Å². The topological polar surface area (TPSA) is 29.5 Å². The lowest BCUT2D eigenvalue weighted by atomic mass is 10.3. The number of ether oxygens (including phenoxy) is 1. The quantitative estimate of drug-likeness (QED) is 0.592. The molecule has 78 valence electrons. The van der Waals surface area contributed by atoms with Crippen LogP contribution in [0.1, 0.15) is 34.1 Å². The van der Waals surface area contributed by atoms with E-state index in [0.717, 1.165) is 6.54 Å². The Labute approximate surface area is 81.1 Å². The van der Waals surface area contributed by atoms with Gasteiger partial charge < -0.3 is 9.64 Å². The molecule has 0 aliphatic carbocycles. The molecule has 0 aromatic heterocycles. The van der Waals surface area contributed by atoms with Gasteiger partial charge in [-0.15, -0.1) is 0 Å². The Morgan fingerprint density at radius 2 is 2.00 bits per heavy atom. The third-order valence-electron chi connectivity index (χ3n) is 1.95. The molecule has 0 saturated heterocycles. The van der Waals surface area contributed by atoms with E-state index in [9.17, 15) is 4.79 Å². The van der Waals surface area contributed by atoms with Crippen LogP contribution in [-0.4, -0.2) is 36.6 Å². The molecular weight excluding hydrogens is 166 g/mol. The average molecular weight is 187 g/mol. The van der Waals surface area contributed by atoms with Gasteiger partial charge in [-0.25, -0.2) is 0 Å². The molecular formula is C10H21NO2. The summed E-state index contributed by atoms with van der Waals surface area (Å²) in [7, 11) is 0. The molecule has 0 spiro atoms. The summed E-state index contributed by atoms with van der Waals surface area (Å²) in [6.07, 6.45) is 0.500.